The zero-order chi connectivity index (χ0) is 25.2. The van der Waals surface area contributed by atoms with Crippen LogP contribution in [0.25, 0.3) is 17.2 Å². The number of benzene rings is 5. The second kappa shape index (κ2) is 9.48. The maximum Gasteiger partial charge on any atom is 0.0455 e. The lowest BCUT2D eigenvalue weighted by Gasteiger charge is -2.36. The van der Waals surface area contributed by atoms with Crippen LogP contribution in [0, 0.1) is 0 Å². The van der Waals surface area contributed by atoms with Crippen LogP contribution < -0.4 is 10.2 Å². The predicted molar refractivity (Wildman–Crippen MR) is 158 cm³/mol. The van der Waals surface area contributed by atoms with Crippen LogP contribution in [0.1, 0.15) is 30.5 Å². The molecule has 1 N–H and O–H groups in total. The molecule has 2 heteroatoms. The van der Waals surface area contributed by atoms with E-state index >= 15 is 0 Å². The maximum atomic E-state index is 3.62. The van der Waals surface area contributed by atoms with E-state index in [9.17, 15) is 0 Å². The van der Waals surface area contributed by atoms with Gasteiger partial charge in [-0.15, -0.1) is 0 Å². The molecule has 180 valence electrons. The quantitative estimate of drug-likeness (QED) is 0.270. The molecule has 0 amide bonds. The summed E-state index contributed by atoms with van der Waals surface area (Å²) in [5.41, 5.74) is 10.9. The van der Waals surface area contributed by atoms with Gasteiger partial charge in [0.2, 0.25) is 0 Å². The van der Waals surface area contributed by atoms with Crippen LogP contribution >= 0.6 is 0 Å². The fourth-order valence-corrected chi connectivity index (χ4v) is 5.22. The summed E-state index contributed by atoms with van der Waals surface area (Å²) in [6, 6.07) is 45.1. The van der Waals surface area contributed by atoms with Crippen molar-refractivity contribution in [1.29, 1.82) is 0 Å². The number of rotatable bonds is 5. The highest BCUT2D eigenvalue weighted by molar-refractivity contribution is 5.79. The van der Waals surface area contributed by atoms with E-state index in [4.69, 9.17) is 0 Å². The third kappa shape index (κ3) is 4.43. The summed E-state index contributed by atoms with van der Waals surface area (Å²) in [5, 5.41) is 3.62. The fraction of sp³-hybridized carbons (Fsp3) is 0.0857. The number of para-hydroxylation sites is 3. The molecule has 0 radical (unpaired) electrons. The van der Waals surface area contributed by atoms with Crippen molar-refractivity contribution in [2.45, 2.75) is 19.3 Å². The SMILES string of the molecule is CC1(C)c2ccccc2Nc2ccc(-c3ccc(/C=C/N(c4ccccc4)c4ccccc4)cc3)cc21. The second-order valence-electron chi connectivity index (χ2n) is 10.0. The third-order valence-electron chi connectivity index (χ3n) is 7.29. The third-order valence-corrected chi connectivity index (χ3v) is 7.29. The molecule has 5 aromatic carbocycles. The van der Waals surface area contributed by atoms with Crippen molar-refractivity contribution in [1.82, 2.24) is 0 Å². The molecule has 0 atom stereocenters. The molecular formula is C35H30N2. The molecule has 37 heavy (non-hydrogen) atoms. The van der Waals surface area contributed by atoms with Gasteiger partial charge in [-0.25, -0.2) is 0 Å². The van der Waals surface area contributed by atoms with Gasteiger partial charge in [-0.05, 0) is 76.4 Å². The summed E-state index contributed by atoms with van der Waals surface area (Å²) in [7, 11) is 0. The van der Waals surface area contributed by atoms with E-state index in [2.05, 4.69) is 152 Å². The van der Waals surface area contributed by atoms with Gasteiger partial charge < -0.3 is 10.2 Å². The van der Waals surface area contributed by atoms with Gasteiger partial charge in [0.05, 0.1) is 0 Å². The molecule has 0 aromatic heterocycles. The maximum absolute atomic E-state index is 3.62. The number of nitrogens with one attached hydrogen (secondary N) is 1. The molecular weight excluding hydrogens is 448 g/mol. The largest absolute Gasteiger partial charge is 0.355 e. The van der Waals surface area contributed by atoms with Gasteiger partial charge in [0.15, 0.2) is 0 Å². The highest BCUT2D eigenvalue weighted by Crippen LogP contribution is 2.46. The normalized spacial score (nSPS) is 13.5. The summed E-state index contributed by atoms with van der Waals surface area (Å²) >= 11 is 0. The Morgan fingerprint density at radius 3 is 1.81 bits per heavy atom. The average Bonchev–Trinajstić information content (AvgIpc) is 2.95. The first-order chi connectivity index (χ1) is 18.1. The number of fused-ring (bicyclic) bond motifs is 2. The summed E-state index contributed by atoms with van der Waals surface area (Å²) in [4.78, 5) is 2.21. The van der Waals surface area contributed by atoms with Crippen LogP contribution in [0.15, 0.2) is 134 Å². The van der Waals surface area contributed by atoms with Crippen molar-refractivity contribution in [3.05, 3.63) is 150 Å². The van der Waals surface area contributed by atoms with Crippen molar-refractivity contribution in [2.75, 3.05) is 10.2 Å². The number of hydrogen-bond donors (Lipinski definition) is 1. The lowest BCUT2D eigenvalue weighted by Crippen LogP contribution is -2.25. The molecule has 2 nitrogen and oxygen atoms in total. The number of nitrogens with zero attached hydrogens (tertiary/aromatic N) is 1. The minimum absolute atomic E-state index is 0.0613. The highest BCUT2D eigenvalue weighted by Gasteiger charge is 2.32. The van der Waals surface area contributed by atoms with E-state index in [1.165, 1.54) is 33.6 Å². The van der Waals surface area contributed by atoms with E-state index in [0.29, 0.717) is 0 Å². The summed E-state index contributed by atoms with van der Waals surface area (Å²) in [5.74, 6) is 0. The standard InChI is InChI=1S/C35H30N2/c1-35(2)31-15-9-10-16-33(31)36-34-22-21-28(25-32(34)35)27-19-17-26(18-20-27)23-24-37(29-11-5-3-6-12-29)30-13-7-4-8-14-30/h3-25,36H,1-2H3/b24-23+. The van der Waals surface area contributed by atoms with Crippen LogP contribution in [0.2, 0.25) is 0 Å². The zero-order valence-electron chi connectivity index (χ0n) is 21.2. The van der Waals surface area contributed by atoms with Gasteiger partial charge in [-0.1, -0.05) is 98.8 Å². The lowest BCUT2D eigenvalue weighted by atomic mass is 9.73. The van der Waals surface area contributed by atoms with Crippen molar-refractivity contribution in [3.8, 4) is 11.1 Å². The van der Waals surface area contributed by atoms with E-state index in [-0.39, 0.29) is 5.41 Å². The Labute approximate surface area is 219 Å². The van der Waals surface area contributed by atoms with Crippen molar-refractivity contribution < 1.29 is 0 Å². The predicted octanol–water partition coefficient (Wildman–Crippen LogP) is 9.55. The van der Waals surface area contributed by atoms with Crippen LogP contribution in [0.4, 0.5) is 22.7 Å². The number of hydrogen-bond acceptors (Lipinski definition) is 2. The molecule has 0 saturated carbocycles. The molecule has 0 bridgehead atoms. The van der Waals surface area contributed by atoms with Crippen LogP contribution in [0.3, 0.4) is 0 Å². The van der Waals surface area contributed by atoms with Gasteiger partial charge in [0, 0.05) is 34.4 Å². The molecule has 0 unspecified atom stereocenters. The van der Waals surface area contributed by atoms with Crippen molar-refractivity contribution >= 4 is 28.8 Å². The molecule has 0 saturated heterocycles. The minimum atomic E-state index is -0.0613. The monoisotopic (exact) mass is 478 g/mol. The average molecular weight is 479 g/mol. The molecule has 1 heterocycles. The first-order valence-electron chi connectivity index (χ1n) is 12.8. The van der Waals surface area contributed by atoms with Gasteiger partial charge >= 0.3 is 0 Å². The first kappa shape index (κ1) is 22.9. The number of anilines is 4. The Morgan fingerprint density at radius 1 is 0.568 bits per heavy atom. The van der Waals surface area contributed by atoms with Gasteiger partial charge in [-0.3, -0.25) is 0 Å². The highest BCUT2D eigenvalue weighted by atomic mass is 15.1. The van der Waals surface area contributed by atoms with Crippen LogP contribution in [-0.2, 0) is 5.41 Å². The lowest BCUT2D eigenvalue weighted by molar-refractivity contribution is 0.638. The van der Waals surface area contributed by atoms with Crippen LogP contribution in [-0.4, -0.2) is 0 Å². The van der Waals surface area contributed by atoms with E-state index < -0.39 is 0 Å². The second-order valence-corrected chi connectivity index (χ2v) is 10.0. The Hall–Kier alpha value is -4.56. The molecule has 5 aromatic rings. The Balaban J connectivity index is 1.28. The van der Waals surface area contributed by atoms with E-state index in [1.54, 1.807) is 0 Å². The molecule has 0 fully saturated rings. The molecule has 6 rings (SSSR count). The Morgan fingerprint density at radius 2 is 1.14 bits per heavy atom. The van der Waals surface area contributed by atoms with E-state index in [0.717, 1.165) is 16.9 Å². The molecule has 0 spiro atoms. The first-order valence-corrected chi connectivity index (χ1v) is 12.8. The molecule has 0 aliphatic carbocycles. The van der Waals surface area contributed by atoms with Gasteiger partial charge in [0.1, 0.15) is 0 Å². The van der Waals surface area contributed by atoms with Gasteiger partial charge in [0.25, 0.3) is 0 Å². The van der Waals surface area contributed by atoms with Crippen molar-refractivity contribution in [2.24, 2.45) is 0 Å². The minimum Gasteiger partial charge on any atom is -0.355 e. The molecule has 1 aliphatic heterocycles. The molecule has 1 aliphatic rings. The van der Waals surface area contributed by atoms with Crippen LogP contribution in [0.5, 0.6) is 0 Å². The Bertz CT molecular complexity index is 1510. The Kier molecular flexibility index (Phi) is 5.86. The fourth-order valence-electron chi connectivity index (χ4n) is 5.22. The zero-order valence-corrected chi connectivity index (χ0v) is 21.2. The van der Waals surface area contributed by atoms with Crippen molar-refractivity contribution in [3.63, 3.8) is 0 Å². The van der Waals surface area contributed by atoms with Gasteiger partial charge in [-0.2, -0.15) is 0 Å². The van der Waals surface area contributed by atoms with E-state index in [1.807, 2.05) is 12.1 Å². The smallest absolute Gasteiger partial charge is 0.0455 e. The topological polar surface area (TPSA) is 15.3 Å². The summed E-state index contributed by atoms with van der Waals surface area (Å²) in [6.07, 6.45) is 4.31. The summed E-state index contributed by atoms with van der Waals surface area (Å²) < 4.78 is 0. The summed E-state index contributed by atoms with van der Waals surface area (Å²) in [6.45, 7) is 4.63.